The predicted octanol–water partition coefficient (Wildman–Crippen LogP) is 4.89. The van der Waals surface area contributed by atoms with Crippen molar-refractivity contribution in [2.45, 2.75) is 32.5 Å². The highest BCUT2D eigenvalue weighted by Gasteiger charge is 2.46. The summed E-state index contributed by atoms with van der Waals surface area (Å²) in [7, 11) is 0. The van der Waals surface area contributed by atoms with Crippen LogP contribution in [0.3, 0.4) is 0 Å². The lowest BCUT2D eigenvalue weighted by Gasteiger charge is -2.41. The van der Waals surface area contributed by atoms with Crippen LogP contribution in [0.2, 0.25) is 0 Å². The van der Waals surface area contributed by atoms with Crippen LogP contribution in [0.25, 0.3) is 0 Å². The van der Waals surface area contributed by atoms with Crippen LogP contribution in [0.1, 0.15) is 36.2 Å². The number of anilines is 1. The molecule has 0 bridgehead atoms. The zero-order chi connectivity index (χ0) is 21.0. The van der Waals surface area contributed by atoms with Crippen LogP contribution in [0.15, 0.2) is 66.7 Å². The first-order valence-electron chi connectivity index (χ1n) is 10.9. The molecule has 2 aromatic rings. The molecule has 1 aliphatic heterocycles. The number of hydrogen-bond donors (Lipinski definition) is 0. The van der Waals surface area contributed by atoms with Crippen LogP contribution in [-0.4, -0.2) is 37.7 Å². The summed E-state index contributed by atoms with van der Waals surface area (Å²) in [5, 5.41) is 0. The SMILES string of the molecule is CC1C=CC(C)C(OCc2ccccc2)(C(=O)c2ccc(N3CCOCC3)cc2)C1. The van der Waals surface area contributed by atoms with E-state index in [0.29, 0.717) is 18.9 Å². The predicted molar refractivity (Wildman–Crippen MR) is 120 cm³/mol. The Morgan fingerprint density at radius 3 is 2.43 bits per heavy atom. The molecular formula is C26H31NO3. The number of benzene rings is 2. The maximum absolute atomic E-state index is 13.8. The molecule has 158 valence electrons. The Hall–Kier alpha value is -2.43. The van der Waals surface area contributed by atoms with Gasteiger partial charge >= 0.3 is 0 Å². The van der Waals surface area contributed by atoms with Crippen molar-refractivity contribution < 1.29 is 14.3 Å². The van der Waals surface area contributed by atoms with Crippen LogP contribution in [0.4, 0.5) is 5.69 Å². The second kappa shape index (κ2) is 9.15. The van der Waals surface area contributed by atoms with Gasteiger partial charge in [-0.3, -0.25) is 4.79 Å². The van der Waals surface area contributed by atoms with Gasteiger partial charge in [-0.15, -0.1) is 0 Å². The molecule has 1 aliphatic carbocycles. The number of rotatable bonds is 6. The van der Waals surface area contributed by atoms with Crippen molar-refractivity contribution in [2.24, 2.45) is 11.8 Å². The number of carbonyl (C=O) groups is 1. The van der Waals surface area contributed by atoms with Gasteiger partial charge in [0.05, 0.1) is 19.8 Å². The smallest absolute Gasteiger partial charge is 0.195 e. The molecular weight excluding hydrogens is 374 g/mol. The van der Waals surface area contributed by atoms with E-state index in [9.17, 15) is 4.79 Å². The molecule has 0 saturated carbocycles. The summed E-state index contributed by atoms with van der Waals surface area (Å²) in [6.45, 7) is 7.94. The van der Waals surface area contributed by atoms with Crippen molar-refractivity contribution in [1.29, 1.82) is 0 Å². The number of nitrogens with zero attached hydrogens (tertiary/aromatic N) is 1. The van der Waals surface area contributed by atoms with Crippen LogP contribution < -0.4 is 4.90 Å². The van der Waals surface area contributed by atoms with Gasteiger partial charge in [0, 0.05) is 30.3 Å². The van der Waals surface area contributed by atoms with Crippen molar-refractivity contribution in [3.8, 4) is 0 Å². The van der Waals surface area contributed by atoms with Gasteiger partial charge in [-0.05, 0) is 42.2 Å². The third-order valence-corrected chi connectivity index (χ3v) is 6.32. The molecule has 0 N–H and O–H groups in total. The Balaban J connectivity index is 1.58. The zero-order valence-corrected chi connectivity index (χ0v) is 17.9. The molecule has 3 unspecified atom stereocenters. The third kappa shape index (κ3) is 4.35. The summed E-state index contributed by atoms with van der Waals surface area (Å²) in [6.07, 6.45) is 5.03. The van der Waals surface area contributed by atoms with Crippen LogP contribution in [0, 0.1) is 11.8 Å². The molecule has 30 heavy (non-hydrogen) atoms. The highest BCUT2D eigenvalue weighted by atomic mass is 16.5. The fourth-order valence-electron chi connectivity index (χ4n) is 4.48. The maximum Gasteiger partial charge on any atom is 0.195 e. The summed E-state index contributed by atoms with van der Waals surface area (Å²) in [5.41, 5.74) is 2.10. The van der Waals surface area contributed by atoms with E-state index in [1.807, 2.05) is 42.5 Å². The molecule has 0 radical (unpaired) electrons. The van der Waals surface area contributed by atoms with Crippen molar-refractivity contribution in [3.63, 3.8) is 0 Å². The minimum absolute atomic E-state index is 0.0174. The van der Waals surface area contributed by atoms with E-state index in [-0.39, 0.29) is 11.7 Å². The van der Waals surface area contributed by atoms with E-state index in [1.54, 1.807) is 0 Å². The second-order valence-corrected chi connectivity index (χ2v) is 8.49. The molecule has 4 heteroatoms. The number of carbonyl (C=O) groups excluding carboxylic acids is 1. The Kier molecular flexibility index (Phi) is 6.35. The van der Waals surface area contributed by atoms with Gasteiger partial charge in [0.25, 0.3) is 0 Å². The average molecular weight is 406 g/mol. The lowest BCUT2D eigenvalue weighted by Crippen LogP contribution is -2.49. The third-order valence-electron chi connectivity index (χ3n) is 6.32. The number of morpholine rings is 1. The van der Waals surface area contributed by atoms with Crippen molar-refractivity contribution in [2.75, 3.05) is 31.2 Å². The van der Waals surface area contributed by atoms with Gasteiger partial charge < -0.3 is 14.4 Å². The van der Waals surface area contributed by atoms with Crippen LogP contribution in [-0.2, 0) is 16.1 Å². The summed E-state index contributed by atoms with van der Waals surface area (Å²) in [6, 6.07) is 18.1. The monoisotopic (exact) mass is 405 g/mol. The summed E-state index contributed by atoms with van der Waals surface area (Å²) in [5.74, 6) is 0.396. The summed E-state index contributed by atoms with van der Waals surface area (Å²) < 4.78 is 11.9. The van der Waals surface area contributed by atoms with Gasteiger partial charge in [0.2, 0.25) is 0 Å². The lowest BCUT2D eigenvalue weighted by molar-refractivity contribution is -0.0687. The first kappa shape index (κ1) is 20.8. The van der Waals surface area contributed by atoms with E-state index in [1.165, 1.54) is 0 Å². The average Bonchev–Trinajstić information content (AvgIpc) is 2.80. The van der Waals surface area contributed by atoms with E-state index >= 15 is 0 Å². The first-order chi connectivity index (χ1) is 14.6. The molecule has 1 saturated heterocycles. The van der Waals surface area contributed by atoms with Gasteiger partial charge in [-0.2, -0.15) is 0 Å². The first-order valence-corrected chi connectivity index (χ1v) is 10.9. The summed E-state index contributed by atoms with van der Waals surface area (Å²) >= 11 is 0. The molecule has 4 nitrogen and oxygen atoms in total. The highest BCUT2D eigenvalue weighted by Crippen LogP contribution is 2.39. The maximum atomic E-state index is 13.8. The van der Waals surface area contributed by atoms with Gasteiger partial charge in [0.15, 0.2) is 5.78 Å². The van der Waals surface area contributed by atoms with Crippen LogP contribution >= 0.6 is 0 Å². The number of allylic oxidation sites excluding steroid dienone is 1. The molecule has 1 fully saturated rings. The van der Waals surface area contributed by atoms with Gasteiger partial charge in [0.1, 0.15) is 5.60 Å². The molecule has 4 rings (SSSR count). The summed E-state index contributed by atoms with van der Waals surface area (Å²) in [4.78, 5) is 16.1. The topological polar surface area (TPSA) is 38.8 Å². The molecule has 2 aromatic carbocycles. The number of ketones is 1. The Morgan fingerprint density at radius 1 is 1.03 bits per heavy atom. The Morgan fingerprint density at radius 2 is 1.73 bits per heavy atom. The van der Waals surface area contributed by atoms with Crippen molar-refractivity contribution in [1.82, 2.24) is 0 Å². The molecule has 0 aromatic heterocycles. The highest BCUT2D eigenvalue weighted by molar-refractivity contribution is 6.03. The van der Waals surface area contributed by atoms with Gasteiger partial charge in [-0.25, -0.2) is 0 Å². The fourth-order valence-corrected chi connectivity index (χ4v) is 4.48. The quantitative estimate of drug-likeness (QED) is 0.506. The minimum Gasteiger partial charge on any atom is -0.378 e. The second-order valence-electron chi connectivity index (χ2n) is 8.49. The van der Waals surface area contributed by atoms with Crippen molar-refractivity contribution >= 4 is 11.5 Å². The molecule has 0 spiro atoms. The van der Waals surface area contributed by atoms with E-state index in [0.717, 1.165) is 43.1 Å². The fraction of sp³-hybridized carbons (Fsp3) is 0.423. The molecule has 3 atom stereocenters. The minimum atomic E-state index is -0.843. The van der Waals surface area contributed by atoms with Crippen molar-refractivity contribution in [3.05, 3.63) is 77.9 Å². The molecule has 1 heterocycles. The van der Waals surface area contributed by atoms with Gasteiger partial charge in [-0.1, -0.05) is 56.3 Å². The number of Topliss-reactive ketones (excluding diaryl/α,β-unsaturated/α-hetero) is 1. The Labute approximate surface area is 179 Å². The number of ether oxygens (including phenoxy) is 2. The Bertz CT molecular complexity index is 871. The van der Waals surface area contributed by atoms with E-state index in [2.05, 4.69) is 43.0 Å². The lowest BCUT2D eigenvalue weighted by atomic mass is 9.72. The normalized spacial score (nSPS) is 26.5. The molecule has 2 aliphatic rings. The van der Waals surface area contributed by atoms with E-state index in [4.69, 9.17) is 9.47 Å². The standard InChI is InChI=1S/C26H31NO3/c1-20-8-9-21(2)26(18-20,30-19-22-6-4-3-5-7-22)25(28)23-10-12-24(13-11-23)27-14-16-29-17-15-27/h3-13,20-21H,14-19H2,1-2H3. The van der Waals surface area contributed by atoms with E-state index < -0.39 is 5.60 Å². The molecule has 0 amide bonds. The largest absolute Gasteiger partial charge is 0.378 e. The van der Waals surface area contributed by atoms with Crippen LogP contribution in [0.5, 0.6) is 0 Å². The number of hydrogen-bond acceptors (Lipinski definition) is 4. The zero-order valence-electron chi connectivity index (χ0n) is 17.9.